The minimum Gasteiger partial charge on any atom is -0.479 e. The lowest BCUT2D eigenvalue weighted by Gasteiger charge is -2.13. The molecule has 6 nitrogen and oxygen atoms in total. The van der Waals surface area contributed by atoms with Crippen molar-refractivity contribution in [1.29, 1.82) is 0 Å². The van der Waals surface area contributed by atoms with Crippen LogP contribution < -0.4 is 10.1 Å². The van der Waals surface area contributed by atoms with Gasteiger partial charge in [-0.05, 0) is 32.0 Å². The van der Waals surface area contributed by atoms with E-state index in [1.165, 1.54) is 6.26 Å². The fourth-order valence-electron chi connectivity index (χ4n) is 1.70. The van der Waals surface area contributed by atoms with Crippen LogP contribution in [0, 0.1) is 6.92 Å². The summed E-state index contributed by atoms with van der Waals surface area (Å²) < 4.78 is 10.6. The summed E-state index contributed by atoms with van der Waals surface area (Å²) in [7, 11) is 0. The van der Waals surface area contributed by atoms with Crippen molar-refractivity contribution in [2.45, 2.75) is 26.5 Å². The summed E-state index contributed by atoms with van der Waals surface area (Å²) in [6.07, 6.45) is 0.723. The van der Waals surface area contributed by atoms with E-state index in [2.05, 4.69) is 5.32 Å². The predicted molar refractivity (Wildman–Crippen MR) is 76.7 cm³/mol. The smallest absolute Gasteiger partial charge is 0.349 e. The monoisotopic (exact) mass is 309 g/mol. The highest BCUT2D eigenvalue weighted by atomic mass is 32.1. The van der Waals surface area contributed by atoms with Crippen LogP contribution in [-0.2, 0) is 11.3 Å². The first-order valence-electron chi connectivity index (χ1n) is 6.28. The number of aromatic carboxylic acids is 1. The van der Waals surface area contributed by atoms with Crippen molar-refractivity contribution in [3.05, 3.63) is 40.0 Å². The average Bonchev–Trinajstić information content (AvgIpc) is 3.05. The number of carbonyl (C=O) groups is 2. The molecule has 2 N–H and O–H groups in total. The van der Waals surface area contributed by atoms with Crippen LogP contribution in [0.3, 0.4) is 0 Å². The molecule has 2 aromatic heterocycles. The van der Waals surface area contributed by atoms with Gasteiger partial charge in [-0.3, -0.25) is 4.79 Å². The lowest BCUT2D eigenvalue weighted by atomic mass is 10.3. The number of ether oxygens (including phenoxy) is 1. The number of furan rings is 1. The number of hydrogen-bond acceptors (Lipinski definition) is 5. The van der Waals surface area contributed by atoms with E-state index in [1.54, 1.807) is 32.0 Å². The first-order chi connectivity index (χ1) is 9.97. The summed E-state index contributed by atoms with van der Waals surface area (Å²) in [6, 6.07) is 5.09. The number of thiophene rings is 1. The molecule has 0 radical (unpaired) electrons. The lowest BCUT2D eigenvalue weighted by Crippen LogP contribution is -2.36. The molecule has 0 aromatic carbocycles. The van der Waals surface area contributed by atoms with Gasteiger partial charge in [-0.1, -0.05) is 0 Å². The van der Waals surface area contributed by atoms with E-state index in [0.717, 1.165) is 16.2 Å². The zero-order valence-electron chi connectivity index (χ0n) is 11.6. The summed E-state index contributed by atoms with van der Waals surface area (Å²) in [5.41, 5.74) is 0. The van der Waals surface area contributed by atoms with Gasteiger partial charge in [-0.2, -0.15) is 0 Å². The van der Waals surface area contributed by atoms with Crippen molar-refractivity contribution in [2.24, 2.45) is 0 Å². The third-order valence-corrected chi connectivity index (χ3v) is 3.73. The fraction of sp³-hybridized carbons (Fsp3) is 0.286. The Hall–Kier alpha value is -2.28. The summed E-state index contributed by atoms with van der Waals surface area (Å²) in [5.74, 6) is -0.559. The molecule has 1 amide bonds. The summed E-state index contributed by atoms with van der Waals surface area (Å²) >= 11 is 1.12. The highest BCUT2D eigenvalue weighted by molar-refractivity contribution is 7.14. The molecule has 1 unspecified atom stereocenters. The Labute approximate surface area is 125 Å². The van der Waals surface area contributed by atoms with Crippen molar-refractivity contribution < 1.29 is 23.8 Å². The minimum absolute atomic E-state index is 0.0955. The fourth-order valence-corrected chi connectivity index (χ4v) is 2.49. The zero-order valence-corrected chi connectivity index (χ0v) is 12.4. The summed E-state index contributed by atoms with van der Waals surface area (Å²) in [5, 5.41) is 11.7. The first-order valence-corrected chi connectivity index (χ1v) is 7.09. The second kappa shape index (κ2) is 6.45. The topological polar surface area (TPSA) is 88.8 Å². The molecule has 2 heterocycles. The Morgan fingerprint density at radius 1 is 1.52 bits per heavy atom. The normalized spacial score (nSPS) is 11.9. The van der Waals surface area contributed by atoms with Gasteiger partial charge in [-0.15, -0.1) is 11.3 Å². The molecule has 0 spiro atoms. The third kappa shape index (κ3) is 3.85. The van der Waals surface area contributed by atoms with Crippen LogP contribution >= 0.6 is 11.3 Å². The molecule has 0 aliphatic heterocycles. The molecule has 0 fully saturated rings. The standard InChI is InChI=1S/C14H15NO5S/c1-8-6-11(12(21-8)14(17)18)20-9(2)13(16)15-7-10-4-3-5-19-10/h3-6,9H,7H2,1-2H3,(H,15,16)(H,17,18). The van der Waals surface area contributed by atoms with Crippen LogP contribution in [0.5, 0.6) is 5.75 Å². The molecule has 0 aliphatic carbocycles. The Kier molecular flexibility index (Phi) is 4.64. The second-order valence-corrected chi connectivity index (χ2v) is 5.67. The molecule has 0 bridgehead atoms. The molecule has 0 saturated heterocycles. The van der Waals surface area contributed by atoms with E-state index < -0.39 is 12.1 Å². The van der Waals surface area contributed by atoms with Gasteiger partial charge in [0, 0.05) is 4.88 Å². The number of carbonyl (C=O) groups excluding carboxylic acids is 1. The molecule has 112 valence electrons. The van der Waals surface area contributed by atoms with Crippen LogP contribution in [0.15, 0.2) is 28.9 Å². The largest absolute Gasteiger partial charge is 0.479 e. The van der Waals surface area contributed by atoms with Crippen molar-refractivity contribution in [1.82, 2.24) is 5.32 Å². The Morgan fingerprint density at radius 2 is 2.29 bits per heavy atom. The van der Waals surface area contributed by atoms with Crippen molar-refractivity contribution in [2.75, 3.05) is 0 Å². The molecule has 0 saturated carbocycles. The molecule has 2 rings (SSSR count). The quantitative estimate of drug-likeness (QED) is 0.855. The summed E-state index contributed by atoms with van der Waals surface area (Å²) in [4.78, 5) is 23.9. The van der Waals surface area contributed by atoms with Crippen molar-refractivity contribution in [3.8, 4) is 5.75 Å². The van der Waals surface area contributed by atoms with Gasteiger partial charge in [-0.25, -0.2) is 4.79 Å². The maximum absolute atomic E-state index is 11.9. The summed E-state index contributed by atoms with van der Waals surface area (Å²) in [6.45, 7) is 3.61. The molecule has 7 heteroatoms. The van der Waals surface area contributed by atoms with Crippen LogP contribution in [-0.4, -0.2) is 23.1 Å². The number of rotatable bonds is 6. The maximum Gasteiger partial charge on any atom is 0.349 e. The number of nitrogens with one attached hydrogen (secondary N) is 1. The highest BCUT2D eigenvalue weighted by Gasteiger charge is 2.21. The van der Waals surface area contributed by atoms with E-state index in [9.17, 15) is 9.59 Å². The van der Waals surface area contributed by atoms with Crippen LogP contribution in [0.2, 0.25) is 0 Å². The van der Waals surface area contributed by atoms with Crippen LogP contribution in [0.25, 0.3) is 0 Å². The van der Waals surface area contributed by atoms with Crippen LogP contribution in [0.1, 0.15) is 27.2 Å². The Balaban J connectivity index is 1.95. The number of carboxylic acid groups (broad SMARTS) is 1. The number of aryl methyl sites for hydroxylation is 1. The van der Waals surface area contributed by atoms with Gasteiger partial charge in [0.2, 0.25) is 0 Å². The van der Waals surface area contributed by atoms with Crippen molar-refractivity contribution in [3.63, 3.8) is 0 Å². The van der Waals surface area contributed by atoms with E-state index >= 15 is 0 Å². The number of carboxylic acids is 1. The maximum atomic E-state index is 11.9. The predicted octanol–water partition coefficient (Wildman–Crippen LogP) is 2.43. The molecule has 1 atom stereocenters. The van der Waals surface area contributed by atoms with Gasteiger partial charge in [0.1, 0.15) is 11.5 Å². The molecular formula is C14H15NO5S. The molecule has 21 heavy (non-hydrogen) atoms. The van der Waals surface area contributed by atoms with Gasteiger partial charge >= 0.3 is 5.97 Å². The number of hydrogen-bond donors (Lipinski definition) is 2. The SMILES string of the molecule is Cc1cc(OC(C)C(=O)NCc2ccco2)c(C(=O)O)s1. The Bertz CT molecular complexity index is 632. The zero-order chi connectivity index (χ0) is 15.4. The van der Waals surface area contributed by atoms with E-state index in [4.69, 9.17) is 14.3 Å². The first kappa shape index (κ1) is 15.1. The molecular weight excluding hydrogens is 294 g/mol. The number of amides is 1. The van der Waals surface area contributed by atoms with Gasteiger partial charge < -0.3 is 19.6 Å². The Morgan fingerprint density at radius 3 is 2.90 bits per heavy atom. The van der Waals surface area contributed by atoms with Crippen molar-refractivity contribution >= 4 is 23.2 Å². The third-order valence-electron chi connectivity index (χ3n) is 2.71. The van der Waals surface area contributed by atoms with Gasteiger partial charge in [0.05, 0.1) is 12.8 Å². The van der Waals surface area contributed by atoms with Crippen LogP contribution in [0.4, 0.5) is 0 Å². The minimum atomic E-state index is -1.06. The van der Waals surface area contributed by atoms with Gasteiger partial charge in [0.15, 0.2) is 11.0 Å². The van der Waals surface area contributed by atoms with E-state index in [0.29, 0.717) is 5.76 Å². The lowest BCUT2D eigenvalue weighted by molar-refractivity contribution is -0.127. The highest BCUT2D eigenvalue weighted by Crippen LogP contribution is 2.29. The molecule has 0 aliphatic rings. The second-order valence-electron chi connectivity index (χ2n) is 4.41. The molecule has 2 aromatic rings. The van der Waals surface area contributed by atoms with E-state index in [1.807, 2.05) is 0 Å². The van der Waals surface area contributed by atoms with E-state index in [-0.39, 0.29) is 23.1 Å². The van der Waals surface area contributed by atoms with Gasteiger partial charge in [0.25, 0.3) is 5.91 Å². The average molecular weight is 309 g/mol.